The standard InChI is InChI=1S/C16H17F3N4O2/c17-16(18,19)7-21-14(24)10-5-11(8-1-2-8)22-15-12(10)13(23-25-15)9-3-4-20-6-9/h5,8-9,20H,1-4,6-7H2,(H,21,24). The lowest BCUT2D eigenvalue weighted by molar-refractivity contribution is -0.123. The quantitative estimate of drug-likeness (QED) is 0.882. The van der Waals surface area contributed by atoms with Gasteiger partial charge in [-0.1, -0.05) is 5.16 Å². The van der Waals surface area contributed by atoms with Gasteiger partial charge in [-0.3, -0.25) is 4.79 Å². The lowest BCUT2D eigenvalue weighted by Crippen LogP contribution is -2.34. The van der Waals surface area contributed by atoms with Gasteiger partial charge in [-0.2, -0.15) is 13.2 Å². The Kier molecular flexibility index (Phi) is 3.90. The third-order valence-corrected chi connectivity index (χ3v) is 4.63. The number of aromatic nitrogens is 2. The van der Waals surface area contributed by atoms with Crippen LogP contribution in [0, 0.1) is 0 Å². The minimum atomic E-state index is -4.46. The van der Waals surface area contributed by atoms with Gasteiger partial charge in [0.15, 0.2) is 0 Å². The molecule has 134 valence electrons. The van der Waals surface area contributed by atoms with Crippen LogP contribution in [0.5, 0.6) is 0 Å². The average molecular weight is 354 g/mol. The fourth-order valence-electron chi connectivity index (χ4n) is 3.20. The van der Waals surface area contributed by atoms with Crippen molar-refractivity contribution in [1.29, 1.82) is 0 Å². The van der Waals surface area contributed by atoms with Gasteiger partial charge in [-0.05, 0) is 31.9 Å². The molecule has 0 radical (unpaired) electrons. The largest absolute Gasteiger partial charge is 0.405 e. The van der Waals surface area contributed by atoms with Crippen LogP contribution in [-0.2, 0) is 0 Å². The highest BCUT2D eigenvalue weighted by Gasteiger charge is 2.33. The van der Waals surface area contributed by atoms with Crippen molar-refractivity contribution in [2.75, 3.05) is 19.6 Å². The highest BCUT2D eigenvalue weighted by atomic mass is 19.4. The van der Waals surface area contributed by atoms with E-state index in [-0.39, 0.29) is 23.1 Å². The van der Waals surface area contributed by atoms with Gasteiger partial charge in [0.2, 0.25) is 0 Å². The van der Waals surface area contributed by atoms with Gasteiger partial charge >= 0.3 is 6.18 Å². The summed E-state index contributed by atoms with van der Waals surface area (Å²) in [6, 6.07) is 1.59. The van der Waals surface area contributed by atoms with E-state index in [0.717, 1.165) is 25.8 Å². The molecule has 1 saturated carbocycles. The van der Waals surface area contributed by atoms with E-state index >= 15 is 0 Å². The van der Waals surface area contributed by atoms with Crippen molar-refractivity contribution in [2.45, 2.75) is 37.3 Å². The zero-order chi connectivity index (χ0) is 17.6. The number of carbonyl (C=O) groups is 1. The SMILES string of the molecule is O=C(NCC(F)(F)F)c1cc(C2CC2)nc2onc(C3CCNC3)c12. The number of amides is 1. The van der Waals surface area contributed by atoms with Crippen molar-refractivity contribution in [1.82, 2.24) is 20.8 Å². The summed E-state index contributed by atoms with van der Waals surface area (Å²) in [4.78, 5) is 16.9. The molecule has 6 nitrogen and oxygen atoms in total. The summed E-state index contributed by atoms with van der Waals surface area (Å²) < 4.78 is 42.7. The minimum Gasteiger partial charge on any atom is -0.343 e. The van der Waals surface area contributed by atoms with Crippen LogP contribution in [0.25, 0.3) is 11.1 Å². The van der Waals surface area contributed by atoms with E-state index in [2.05, 4.69) is 15.5 Å². The van der Waals surface area contributed by atoms with E-state index in [9.17, 15) is 18.0 Å². The number of pyridine rings is 1. The third-order valence-electron chi connectivity index (χ3n) is 4.63. The first-order valence-electron chi connectivity index (χ1n) is 8.28. The smallest absolute Gasteiger partial charge is 0.343 e. The van der Waals surface area contributed by atoms with Gasteiger partial charge in [-0.25, -0.2) is 4.98 Å². The second kappa shape index (κ2) is 5.98. The second-order valence-electron chi connectivity index (χ2n) is 6.60. The van der Waals surface area contributed by atoms with Gasteiger partial charge in [0.05, 0.1) is 16.6 Å². The van der Waals surface area contributed by atoms with Crippen LogP contribution in [-0.4, -0.2) is 41.9 Å². The van der Waals surface area contributed by atoms with Crippen LogP contribution in [0.4, 0.5) is 13.2 Å². The molecule has 1 atom stereocenters. The number of fused-ring (bicyclic) bond motifs is 1. The third kappa shape index (κ3) is 3.33. The fraction of sp³-hybridized carbons (Fsp3) is 0.562. The Balaban J connectivity index is 1.75. The molecular weight excluding hydrogens is 337 g/mol. The molecule has 3 heterocycles. The predicted molar refractivity (Wildman–Crippen MR) is 82.4 cm³/mol. The summed E-state index contributed by atoms with van der Waals surface area (Å²) >= 11 is 0. The number of alkyl halides is 3. The highest BCUT2D eigenvalue weighted by Crippen LogP contribution is 2.41. The molecule has 25 heavy (non-hydrogen) atoms. The fourth-order valence-corrected chi connectivity index (χ4v) is 3.20. The average Bonchev–Trinajstić information content (AvgIpc) is 3.10. The monoisotopic (exact) mass is 354 g/mol. The van der Waals surface area contributed by atoms with Crippen molar-refractivity contribution < 1.29 is 22.5 Å². The van der Waals surface area contributed by atoms with Crippen molar-refractivity contribution in [3.8, 4) is 0 Å². The maximum absolute atomic E-state index is 12.5. The molecule has 1 unspecified atom stereocenters. The van der Waals surface area contributed by atoms with Crippen LogP contribution in [0.2, 0.25) is 0 Å². The van der Waals surface area contributed by atoms with Crippen LogP contribution < -0.4 is 10.6 Å². The van der Waals surface area contributed by atoms with Crippen molar-refractivity contribution in [2.24, 2.45) is 0 Å². The minimum absolute atomic E-state index is 0.0593. The van der Waals surface area contributed by atoms with E-state index in [1.165, 1.54) is 0 Å². The second-order valence-corrected chi connectivity index (χ2v) is 6.60. The van der Waals surface area contributed by atoms with Crippen LogP contribution >= 0.6 is 0 Å². The highest BCUT2D eigenvalue weighted by molar-refractivity contribution is 6.06. The molecule has 4 rings (SSSR count). The van der Waals surface area contributed by atoms with Gasteiger partial charge in [0.25, 0.3) is 11.6 Å². The van der Waals surface area contributed by atoms with Crippen molar-refractivity contribution >= 4 is 17.0 Å². The van der Waals surface area contributed by atoms with Gasteiger partial charge < -0.3 is 15.2 Å². The van der Waals surface area contributed by atoms with Crippen LogP contribution in [0.3, 0.4) is 0 Å². The molecule has 2 N–H and O–H groups in total. The number of nitrogens with one attached hydrogen (secondary N) is 2. The molecule has 1 amide bonds. The van der Waals surface area contributed by atoms with E-state index in [4.69, 9.17) is 4.52 Å². The molecule has 2 aromatic rings. The first-order chi connectivity index (χ1) is 11.9. The Morgan fingerprint density at radius 3 is 2.76 bits per heavy atom. The maximum Gasteiger partial charge on any atom is 0.405 e. The lowest BCUT2D eigenvalue weighted by Gasteiger charge is -2.11. The maximum atomic E-state index is 12.5. The van der Waals surface area contributed by atoms with Crippen molar-refractivity contribution in [3.63, 3.8) is 0 Å². The lowest BCUT2D eigenvalue weighted by atomic mass is 9.98. The normalized spacial score (nSPS) is 21.0. The Morgan fingerprint density at radius 2 is 2.12 bits per heavy atom. The summed E-state index contributed by atoms with van der Waals surface area (Å²) in [6.07, 6.45) is -1.73. The van der Waals surface area contributed by atoms with E-state index in [1.807, 2.05) is 5.32 Å². The molecule has 2 aromatic heterocycles. The molecule has 1 aliphatic carbocycles. The zero-order valence-corrected chi connectivity index (χ0v) is 13.3. The Morgan fingerprint density at radius 1 is 1.32 bits per heavy atom. The topological polar surface area (TPSA) is 80.1 Å². The summed E-state index contributed by atoms with van der Waals surface area (Å²) in [5, 5.41) is 9.65. The van der Waals surface area contributed by atoms with E-state index < -0.39 is 18.6 Å². The number of nitrogens with zero attached hydrogens (tertiary/aromatic N) is 2. The molecule has 1 aliphatic heterocycles. The van der Waals surface area contributed by atoms with Gasteiger partial charge in [-0.15, -0.1) is 0 Å². The van der Waals surface area contributed by atoms with Crippen molar-refractivity contribution in [3.05, 3.63) is 23.0 Å². The Labute approximate surface area is 141 Å². The number of halogens is 3. The molecule has 9 heteroatoms. The first kappa shape index (κ1) is 16.3. The summed E-state index contributed by atoms with van der Waals surface area (Å²) in [7, 11) is 0. The molecule has 0 bridgehead atoms. The molecule has 2 aliphatic rings. The van der Waals surface area contributed by atoms with Gasteiger partial charge in [0, 0.05) is 24.1 Å². The first-order valence-corrected chi connectivity index (χ1v) is 8.28. The number of hydrogen-bond donors (Lipinski definition) is 2. The Bertz CT molecular complexity index is 808. The van der Waals surface area contributed by atoms with Gasteiger partial charge in [0.1, 0.15) is 6.54 Å². The van der Waals surface area contributed by atoms with E-state index in [0.29, 0.717) is 23.3 Å². The zero-order valence-electron chi connectivity index (χ0n) is 13.3. The molecule has 0 aromatic carbocycles. The predicted octanol–water partition coefficient (Wildman–Crippen LogP) is 2.47. The molecule has 0 spiro atoms. The number of rotatable bonds is 4. The summed E-state index contributed by atoms with van der Waals surface area (Å²) in [5.74, 6) is -0.480. The summed E-state index contributed by atoms with van der Waals surface area (Å²) in [6.45, 7) is 0.137. The number of carbonyl (C=O) groups excluding carboxylic acids is 1. The summed E-state index contributed by atoms with van der Waals surface area (Å²) in [5.41, 5.74) is 1.66. The molecule has 2 fully saturated rings. The van der Waals surface area contributed by atoms with Crippen LogP contribution in [0.1, 0.15) is 52.8 Å². The Hall–Kier alpha value is -2.16. The molecular formula is C16H17F3N4O2. The van der Waals surface area contributed by atoms with E-state index in [1.54, 1.807) is 6.07 Å². The molecule has 1 saturated heterocycles. The number of hydrogen-bond acceptors (Lipinski definition) is 5. The van der Waals surface area contributed by atoms with Crippen LogP contribution in [0.15, 0.2) is 10.6 Å².